The second-order valence-electron chi connectivity index (χ2n) is 4.46. The molecule has 0 heterocycles. The van der Waals surface area contributed by atoms with Crippen molar-refractivity contribution in [2.24, 2.45) is 0 Å². The monoisotopic (exact) mass is 374 g/mol. The standard InChI is InChI=1S/C13H18ClO6P.K/c1-3-4-12(21(16,17)18)20-13(15)9(2)19-11-7-5-10(14)6-8-11;/h5-9,12H,3-4H2,1-2H3,(H2,16,17,18);/q;+1/p-1. The summed E-state index contributed by atoms with van der Waals surface area (Å²) in [6.07, 6.45) is -0.550. The second-order valence-corrected chi connectivity index (χ2v) is 6.60. The molecule has 0 saturated carbocycles. The van der Waals surface area contributed by atoms with Crippen LogP contribution in [-0.4, -0.2) is 22.8 Å². The number of carbonyl (C=O) groups excluding carboxylic acids is 1. The zero-order chi connectivity index (χ0) is 16.0. The van der Waals surface area contributed by atoms with Gasteiger partial charge in [-0.15, -0.1) is 0 Å². The van der Waals surface area contributed by atoms with E-state index >= 15 is 0 Å². The average Bonchev–Trinajstić information content (AvgIpc) is 2.39. The van der Waals surface area contributed by atoms with E-state index in [1.807, 2.05) is 0 Å². The molecular weight excluding hydrogens is 358 g/mol. The van der Waals surface area contributed by atoms with E-state index in [0.717, 1.165) is 0 Å². The first-order valence-electron chi connectivity index (χ1n) is 6.40. The Balaban J connectivity index is 0.00000441. The fourth-order valence-corrected chi connectivity index (χ4v) is 2.48. The molecule has 0 aliphatic carbocycles. The minimum atomic E-state index is -4.74. The third-order valence-electron chi connectivity index (χ3n) is 2.61. The van der Waals surface area contributed by atoms with E-state index in [-0.39, 0.29) is 57.8 Å². The van der Waals surface area contributed by atoms with Gasteiger partial charge in [-0.1, -0.05) is 24.9 Å². The smallest absolute Gasteiger partial charge is 0.776 e. The normalized spacial score (nSPS) is 15.9. The average molecular weight is 375 g/mol. The molecule has 0 aliphatic rings. The maximum atomic E-state index is 11.8. The van der Waals surface area contributed by atoms with Crippen LogP contribution in [0.15, 0.2) is 24.3 Å². The Hall–Kier alpha value is 0.566. The van der Waals surface area contributed by atoms with Gasteiger partial charge in [-0.2, -0.15) is 0 Å². The summed E-state index contributed by atoms with van der Waals surface area (Å²) >= 11 is 5.72. The van der Waals surface area contributed by atoms with Crippen LogP contribution in [0.5, 0.6) is 5.75 Å². The molecule has 0 spiro atoms. The molecular formula is C13H17ClKO6P. The summed E-state index contributed by atoms with van der Waals surface area (Å²) in [4.78, 5) is 32.0. The Morgan fingerprint density at radius 2 is 1.95 bits per heavy atom. The van der Waals surface area contributed by atoms with Gasteiger partial charge in [0.05, 0.1) is 0 Å². The van der Waals surface area contributed by atoms with Crippen molar-refractivity contribution in [3.05, 3.63) is 29.3 Å². The first-order chi connectivity index (χ1) is 9.74. The van der Waals surface area contributed by atoms with Crippen molar-refractivity contribution in [1.82, 2.24) is 0 Å². The van der Waals surface area contributed by atoms with Crippen molar-refractivity contribution in [2.75, 3.05) is 0 Å². The molecule has 0 bridgehead atoms. The Kier molecular flexibility index (Phi) is 10.7. The van der Waals surface area contributed by atoms with Crippen LogP contribution in [0.2, 0.25) is 5.02 Å². The van der Waals surface area contributed by atoms with E-state index < -0.39 is 25.5 Å². The molecule has 6 nitrogen and oxygen atoms in total. The van der Waals surface area contributed by atoms with Gasteiger partial charge in [-0.3, -0.25) is 0 Å². The summed E-state index contributed by atoms with van der Waals surface area (Å²) in [6.45, 7) is 3.14. The Morgan fingerprint density at radius 3 is 2.41 bits per heavy atom. The topological polar surface area (TPSA) is 95.9 Å². The Bertz CT molecular complexity index is 518. The van der Waals surface area contributed by atoms with Gasteiger partial charge in [0.1, 0.15) is 5.75 Å². The zero-order valence-electron chi connectivity index (χ0n) is 12.7. The Labute approximate surface area is 177 Å². The van der Waals surface area contributed by atoms with Crippen LogP contribution < -0.4 is 61.0 Å². The summed E-state index contributed by atoms with van der Waals surface area (Å²) in [5.74, 6) is -2.02. The molecule has 0 fully saturated rings. The van der Waals surface area contributed by atoms with Crippen molar-refractivity contribution in [2.45, 2.75) is 38.6 Å². The number of carbonyl (C=O) groups is 1. The van der Waals surface area contributed by atoms with Gasteiger partial charge in [-0.25, -0.2) is 4.79 Å². The minimum absolute atomic E-state index is 0. The maximum Gasteiger partial charge on any atom is 1.00 e. The summed E-state index contributed by atoms with van der Waals surface area (Å²) in [6, 6.07) is 6.32. The first kappa shape index (κ1) is 22.6. The molecule has 1 aromatic rings. The fraction of sp³-hybridized carbons (Fsp3) is 0.462. The van der Waals surface area contributed by atoms with E-state index in [4.69, 9.17) is 26.0 Å². The van der Waals surface area contributed by atoms with Gasteiger partial charge in [-0.05, 0) is 37.6 Å². The molecule has 1 aromatic carbocycles. The number of hydrogen-bond acceptors (Lipinski definition) is 5. The predicted octanol–water partition coefficient (Wildman–Crippen LogP) is -0.674. The molecule has 1 rings (SSSR count). The quantitative estimate of drug-likeness (QED) is 0.386. The number of halogens is 1. The molecule has 9 heteroatoms. The van der Waals surface area contributed by atoms with Crippen molar-refractivity contribution >= 4 is 25.2 Å². The van der Waals surface area contributed by atoms with E-state index in [9.17, 15) is 14.3 Å². The molecule has 0 saturated heterocycles. The number of rotatable bonds is 7. The number of hydrogen-bond donors (Lipinski definition) is 1. The number of ether oxygens (including phenoxy) is 2. The van der Waals surface area contributed by atoms with Crippen LogP contribution in [0.25, 0.3) is 0 Å². The van der Waals surface area contributed by atoms with Gasteiger partial charge < -0.3 is 23.8 Å². The van der Waals surface area contributed by atoms with E-state index in [1.165, 1.54) is 6.92 Å². The summed E-state index contributed by atoms with van der Waals surface area (Å²) in [5.41, 5.74) is 0. The first-order valence-corrected chi connectivity index (χ1v) is 8.42. The van der Waals surface area contributed by atoms with Crippen LogP contribution in [0.1, 0.15) is 26.7 Å². The second kappa shape index (κ2) is 10.4. The third-order valence-corrected chi connectivity index (χ3v) is 3.95. The summed E-state index contributed by atoms with van der Waals surface area (Å²) in [7, 11) is -4.74. The molecule has 118 valence electrons. The molecule has 3 atom stereocenters. The molecule has 0 aliphatic heterocycles. The van der Waals surface area contributed by atoms with E-state index in [2.05, 4.69) is 0 Å². The SMILES string of the molecule is CCCC(OC(=O)C(C)Oc1ccc(Cl)cc1)P(=O)([O-])O.[K+]. The molecule has 22 heavy (non-hydrogen) atoms. The number of esters is 1. The van der Waals surface area contributed by atoms with Crippen LogP contribution >= 0.6 is 19.2 Å². The van der Waals surface area contributed by atoms with Gasteiger partial charge >= 0.3 is 57.4 Å². The van der Waals surface area contributed by atoms with Crippen LogP contribution in [0.4, 0.5) is 0 Å². The minimum Gasteiger partial charge on any atom is -0.776 e. The van der Waals surface area contributed by atoms with Crippen molar-refractivity contribution < 1.29 is 80.0 Å². The van der Waals surface area contributed by atoms with Crippen molar-refractivity contribution in [3.63, 3.8) is 0 Å². The zero-order valence-corrected chi connectivity index (χ0v) is 17.5. The Morgan fingerprint density at radius 1 is 1.41 bits per heavy atom. The fourth-order valence-electron chi connectivity index (χ4n) is 1.53. The van der Waals surface area contributed by atoms with Crippen molar-refractivity contribution in [1.29, 1.82) is 0 Å². The molecule has 3 unspecified atom stereocenters. The molecule has 0 amide bonds. The van der Waals surface area contributed by atoms with E-state index in [1.54, 1.807) is 31.2 Å². The third kappa shape index (κ3) is 7.90. The summed E-state index contributed by atoms with van der Waals surface area (Å²) in [5, 5.41) is 0.521. The number of benzene rings is 1. The van der Waals surface area contributed by atoms with E-state index in [0.29, 0.717) is 17.2 Å². The predicted molar refractivity (Wildman–Crippen MR) is 76.2 cm³/mol. The van der Waals surface area contributed by atoms with Gasteiger partial charge in [0, 0.05) is 5.02 Å². The molecule has 0 radical (unpaired) electrons. The van der Waals surface area contributed by atoms with Crippen LogP contribution in [0, 0.1) is 0 Å². The van der Waals surface area contributed by atoms with Crippen LogP contribution in [0.3, 0.4) is 0 Å². The molecule has 1 N–H and O–H groups in total. The maximum absolute atomic E-state index is 11.8. The van der Waals surface area contributed by atoms with Crippen LogP contribution in [-0.2, 0) is 14.1 Å². The summed E-state index contributed by atoms with van der Waals surface area (Å²) < 4.78 is 21.2. The molecule has 0 aromatic heterocycles. The van der Waals surface area contributed by atoms with Crippen molar-refractivity contribution in [3.8, 4) is 5.75 Å². The van der Waals surface area contributed by atoms with Gasteiger partial charge in [0.25, 0.3) is 0 Å². The largest absolute Gasteiger partial charge is 1.00 e. The van der Waals surface area contributed by atoms with Gasteiger partial charge in [0.2, 0.25) is 0 Å². The van der Waals surface area contributed by atoms with Gasteiger partial charge in [0.15, 0.2) is 19.5 Å².